The molecule has 144 valence electrons. The lowest BCUT2D eigenvalue weighted by Gasteiger charge is -2.14. The molecule has 0 aliphatic heterocycles. The summed E-state index contributed by atoms with van der Waals surface area (Å²) in [6, 6.07) is 2.18. The molecular formula is C20H27N5OS. The highest BCUT2D eigenvalue weighted by atomic mass is 32.1. The van der Waals surface area contributed by atoms with Gasteiger partial charge in [0.1, 0.15) is 17.0 Å². The molecule has 0 bridgehead atoms. The van der Waals surface area contributed by atoms with Crippen LogP contribution in [0, 0.1) is 20.8 Å². The molecule has 0 aliphatic carbocycles. The summed E-state index contributed by atoms with van der Waals surface area (Å²) in [6.45, 7) is 11.5. The Kier molecular flexibility index (Phi) is 6.01. The molecule has 1 N–H and O–H groups in total. The first-order valence-electron chi connectivity index (χ1n) is 9.47. The summed E-state index contributed by atoms with van der Waals surface area (Å²) in [5, 5.41) is 8.82. The van der Waals surface area contributed by atoms with E-state index < -0.39 is 0 Å². The first kappa shape index (κ1) is 19.6. The molecule has 0 fully saturated rings. The zero-order valence-corrected chi connectivity index (χ0v) is 17.5. The minimum atomic E-state index is 0.335. The summed E-state index contributed by atoms with van der Waals surface area (Å²) in [5.41, 5.74) is 6.20. The van der Waals surface area contributed by atoms with Crippen LogP contribution < -0.4 is 5.32 Å². The number of nitrogens with zero attached hydrogens (tertiary/aromatic N) is 4. The Morgan fingerprint density at radius 3 is 2.59 bits per heavy atom. The summed E-state index contributed by atoms with van der Waals surface area (Å²) in [4.78, 5) is 21.2. The summed E-state index contributed by atoms with van der Waals surface area (Å²) < 4.78 is 2.00. The number of hydrogen-bond donors (Lipinski definition) is 1. The fourth-order valence-corrected chi connectivity index (χ4v) is 4.67. The fraction of sp³-hybridized carbons (Fsp3) is 0.500. The van der Waals surface area contributed by atoms with E-state index in [1.54, 1.807) is 11.3 Å². The second kappa shape index (κ2) is 8.27. The molecule has 3 heterocycles. The topological polar surface area (TPSA) is 72.2 Å². The van der Waals surface area contributed by atoms with Crippen LogP contribution in [0.3, 0.4) is 0 Å². The van der Waals surface area contributed by atoms with E-state index in [4.69, 9.17) is 10.1 Å². The molecule has 0 aliphatic rings. The highest BCUT2D eigenvalue weighted by Crippen LogP contribution is 2.35. The molecule has 6 nitrogen and oxygen atoms in total. The van der Waals surface area contributed by atoms with Crippen molar-refractivity contribution in [2.24, 2.45) is 0 Å². The molecule has 3 aromatic heterocycles. The highest BCUT2D eigenvalue weighted by molar-refractivity contribution is 7.15. The quantitative estimate of drug-likeness (QED) is 0.469. The zero-order chi connectivity index (χ0) is 19.6. The van der Waals surface area contributed by atoms with Gasteiger partial charge in [0.15, 0.2) is 5.65 Å². The van der Waals surface area contributed by atoms with Crippen molar-refractivity contribution in [2.45, 2.75) is 59.9 Å². The van der Waals surface area contributed by atoms with Crippen molar-refractivity contribution in [2.75, 3.05) is 6.54 Å². The van der Waals surface area contributed by atoms with Crippen molar-refractivity contribution in [1.82, 2.24) is 24.9 Å². The van der Waals surface area contributed by atoms with Gasteiger partial charge >= 0.3 is 0 Å². The van der Waals surface area contributed by atoms with E-state index in [1.807, 2.05) is 25.3 Å². The number of aromatic nitrogens is 4. The van der Waals surface area contributed by atoms with Crippen molar-refractivity contribution in [3.05, 3.63) is 33.7 Å². The van der Waals surface area contributed by atoms with Crippen molar-refractivity contribution in [3.63, 3.8) is 0 Å². The Bertz CT molecular complexity index is 955. The van der Waals surface area contributed by atoms with Gasteiger partial charge in [0.05, 0.1) is 28.5 Å². The standard InChI is InChI=1S/C20H27N5OS/c1-6-15(7-2)16-10-12(3)24-25-18(13(4)23-20(16)25)19-14(5)22-17(27-19)11-21-8-9-26/h9-10,15,21H,6-8,11H2,1-5H3. The summed E-state index contributed by atoms with van der Waals surface area (Å²) in [6.07, 6.45) is 3.04. The van der Waals surface area contributed by atoms with Gasteiger partial charge in [0.2, 0.25) is 0 Å². The van der Waals surface area contributed by atoms with Crippen LogP contribution in [0.1, 0.15) is 60.3 Å². The van der Waals surface area contributed by atoms with Crippen LogP contribution in [-0.2, 0) is 11.3 Å². The normalized spacial score (nSPS) is 11.6. The molecule has 0 amide bonds. The first-order chi connectivity index (χ1) is 13.0. The number of aldehydes is 1. The van der Waals surface area contributed by atoms with Crippen LogP contribution in [0.2, 0.25) is 0 Å². The lowest BCUT2D eigenvalue weighted by molar-refractivity contribution is -0.107. The molecule has 0 aromatic carbocycles. The molecule has 0 atom stereocenters. The number of aryl methyl sites for hydroxylation is 3. The number of rotatable bonds is 8. The van der Waals surface area contributed by atoms with Crippen LogP contribution >= 0.6 is 11.3 Å². The maximum absolute atomic E-state index is 10.5. The largest absolute Gasteiger partial charge is 0.304 e. The molecule has 0 radical (unpaired) electrons. The van der Waals surface area contributed by atoms with Crippen LogP contribution in [0.25, 0.3) is 16.2 Å². The third-order valence-electron chi connectivity index (χ3n) is 4.89. The Morgan fingerprint density at radius 1 is 1.19 bits per heavy atom. The van der Waals surface area contributed by atoms with Gasteiger partial charge in [-0.05, 0) is 45.6 Å². The Morgan fingerprint density at radius 2 is 1.93 bits per heavy atom. The molecular weight excluding hydrogens is 358 g/mol. The number of thiazole rings is 1. The van der Waals surface area contributed by atoms with Crippen LogP contribution in [0.4, 0.5) is 0 Å². The van der Waals surface area contributed by atoms with E-state index in [1.165, 1.54) is 5.56 Å². The van der Waals surface area contributed by atoms with Gasteiger partial charge in [0, 0.05) is 12.1 Å². The van der Waals surface area contributed by atoms with E-state index in [-0.39, 0.29) is 0 Å². The Balaban J connectivity index is 2.13. The maximum Gasteiger partial charge on any atom is 0.158 e. The smallest absolute Gasteiger partial charge is 0.158 e. The lowest BCUT2D eigenvalue weighted by atomic mass is 9.95. The van der Waals surface area contributed by atoms with Gasteiger partial charge in [0.25, 0.3) is 0 Å². The van der Waals surface area contributed by atoms with Crippen molar-refractivity contribution in [3.8, 4) is 10.6 Å². The van der Waals surface area contributed by atoms with E-state index >= 15 is 0 Å². The average Bonchev–Trinajstić information content (AvgIpc) is 3.15. The minimum absolute atomic E-state index is 0.335. The monoisotopic (exact) mass is 385 g/mol. The van der Waals surface area contributed by atoms with Gasteiger partial charge in [-0.15, -0.1) is 11.3 Å². The van der Waals surface area contributed by atoms with Gasteiger partial charge < -0.3 is 10.1 Å². The van der Waals surface area contributed by atoms with Crippen molar-refractivity contribution < 1.29 is 4.79 Å². The van der Waals surface area contributed by atoms with Gasteiger partial charge in [-0.2, -0.15) is 5.10 Å². The van der Waals surface area contributed by atoms with Gasteiger partial charge in [-0.25, -0.2) is 14.5 Å². The van der Waals surface area contributed by atoms with Crippen molar-refractivity contribution in [1.29, 1.82) is 0 Å². The average molecular weight is 386 g/mol. The molecule has 0 unspecified atom stereocenters. The second-order valence-corrected chi connectivity index (χ2v) is 7.94. The number of carbonyl (C=O) groups excluding carboxylic acids is 1. The van der Waals surface area contributed by atoms with E-state index in [9.17, 15) is 4.79 Å². The van der Waals surface area contributed by atoms with Crippen molar-refractivity contribution >= 4 is 23.3 Å². The molecule has 3 rings (SSSR count). The number of hydrogen-bond acceptors (Lipinski definition) is 6. The molecule has 7 heteroatoms. The lowest BCUT2D eigenvalue weighted by Crippen LogP contribution is -2.15. The predicted octanol–water partition coefficient (Wildman–Crippen LogP) is 3.97. The second-order valence-electron chi connectivity index (χ2n) is 6.86. The molecule has 27 heavy (non-hydrogen) atoms. The minimum Gasteiger partial charge on any atom is -0.304 e. The molecule has 0 saturated carbocycles. The summed E-state index contributed by atoms with van der Waals surface area (Å²) in [7, 11) is 0. The predicted molar refractivity (Wildman–Crippen MR) is 109 cm³/mol. The number of imidazole rings is 1. The molecule has 0 saturated heterocycles. The molecule has 3 aromatic rings. The zero-order valence-electron chi connectivity index (χ0n) is 16.7. The van der Waals surface area contributed by atoms with Gasteiger partial charge in [-0.1, -0.05) is 13.8 Å². The third-order valence-corrected chi connectivity index (χ3v) is 6.06. The summed E-state index contributed by atoms with van der Waals surface area (Å²) in [5.74, 6) is 0.481. The fourth-order valence-electron chi connectivity index (χ4n) is 3.55. The highest BCUT2D eigenvalue weighted by Gasteiger charge is 2.22. The van der Waals surface area contributed by atoms with E-state index in [2.05, 4.69) is 30.2 Å². The van der Waals surface area contributed by atoms with Crippen LogP contribution in [0.15, 0.2) is 6.07 Å². The number of nitrogens with one attached hydrogen (secondary N) is 1. The molecule has 0 spiro atoms. The van der Waals surface area contributed by atoms with Crippen LogP contribution in [0.5, 0.6) is 0 Å². The summed E-state index contributed by atoms with van der Waals surface area (Å²) >= 11 is 1.64. The maximum atomic E-state index is 10.5. The van der Waals surface area contributed by atoms with E-state index in [0.29, 0.717) is 19.0 Å². The Hall–Kier alpha value is -2.12. The van der Waals surface area contributed by atoms with E-state index in [0.717, 1.165) is 57.4 Å². The first-order valence-corrected chi connectivity index (χ1v) is 10.3. The third kappa shape index (κ3) is 3.80. The Labute approximate surface area is 164 Å². The number of fused-ring (bicyclic) bond motifs is 1. The van der Waals surface area contributed by atoms with Crippen LogP contribution in [-0.4, -0.2) is 32.4 Å². The SMILES string of the molecule is CCC(CC)c1cc(C)nn2c(-c3sc(CNCC=O)nc3C)c(C)nc12. The number of carbonyl (C=O) groups is 1. The van der Waals surface area contributed by atoms with Gasteiger partial charge in [-0.3, -0.25) is 0 Å².